The Hall–Kier alpha value is -2.04. The fourth-order valence-corrected chi connectivity index (χ4v) is 4.76. The lowest BCUT2D eigenvalue weighted by Crippen LogP contribution is -2.43. The van der Waals surface area contributed by atoms with Crippen LogP contribution in [0.1, 0.15) is 37.3 Å². The summed E-state index contributed by atoms with van der Waals surface area (Å²) in [5.41, 5.74) is 3.34. The van der Waals surface area contributed by atoms with Gasteiger partial charge in [0.1, 0.15) is 0 Å². The molecule has 1 aromatic rings. The lowest BCUT2D eigenvalue weighted by Gasteiger charge is -2.22. The van der Waals surface area contributed by atoms with Gasteiger partial charge in [0, 0.05) is 45.1 Å². The number of carbonyl (C=O) groups excluding carboxylic acids is 2. The second-order valence-corrected chi connectivity index (χ2v) is 7.75. The molecule has 0 bridgehead atoms. The Kier molecular flexibility index (Phi) is 4.18. The smallest absolute Gasteiger partial charge is 0.317 e. The molecule has 1 aromatic carbocycles. The highest BCUT2D eigenvalue weighted by molar-refractivity contribution is 5.75. The first kappa shape index (κ1) is 16.4. The predicted molar refractivity (Wildman–Crippen MR) is 96.4 cm³/mol. The van der Waals surface area contributed by atoms with E-state index in [1.54, 1.807) is 6.92 Å². The third-order valence-corrected chi connectivity index (χ3v) is 6.35. The van der Waals surface area contributed by atoms with Gasteiger partial charge in [0.15, 0.2) is 0 Å². The normalized spacial score (nSPS) is 27.8. The Balaban J connectivity index is 1.30. The van der Waals surface area contributed by atoms with Gasteiger partial charge in [0.2, 0.25) is 5.91 Å². The maximum atomic E-state index is 12.5. The monoisotopic (exact) mass is 341 g/mol. The third-order valence-electron chi connectivity index (χ3n) is 6.35. The minimum atomic E-state index is 0.0266. The van der Waals surface area contributed by atoms with E-state index in [1.807, 2.05) is 9.80 Å². The number of carbonyl (C=O) groups is 2. The zero-order valence-electron chi connectivity index (χ0n) is 15.0. The van der Waals surface area contributed by atoms with Gasteiger partial charge >= 0.3 is 6.03 Å². The van der Waals surface area contributed by atoms with Crippen LogP contribution in [-0.4, -0.2) is 54.5 Å². The van der Waals surface area contributed by atoms with Crippen molar-refractivity contribution in [1.82, 2.24) is 15.1 Å². The Morgan fingerprint density at radius 2 is 1.92 bits per heavy atom. The molecule has 4 rings (SSSR count). The summed E-state index contributed by atoms with van der Waals surface area (Å²) in [6, 6.07) is 8.81. The molecule has 25 heavy (non-hydrogen) atoms. The van der Waals surface area contributed by atoms with Crippen molar-refractivity contribution >= 4 is 11.9 Å². The van der Waals surface area contributed by atoms with E-state index in [4.69, 9.17) is 0 Å². The van der Waals surface area contributed by atoms with Crippen LogP contribution in [0.15, 0.2) is 24.3 Å². The summed E-state index contributed by atoms with van der Waals surface area (Å²) in [4.78, 5) is 27.7. The Morgan fingerprint density at radius 1 is 1.16 bits per heavy atom. The molecule has 2 atom stereocenters. The zero-order valence-corrected chi connectivity index (χ0v) is 15.0. The first-order valence-corrected chi connectivity index (χ1v) is 9.47. The Morgan fingerprint density at radius 3 is 2.76 bits per heavy atom. The average Bonchev–Trinajstić information content (AvgIpc) is 3.27. The minimum absolute atomic E-state index is 0.0266. The Bertz CT molecular complexity index is 689. The van der Waals surface area contributed by atoms with Crippen molar-refractivity contribution in [1.29, 1.82) is 0 Å². The lowest BCUT2D eigenvalue weighted by atomic mass is 9.95. The summed E-state index contributed by atoms with van der Waals surface area (Å²) in [6.45, 7) is 5.12. The molecule has 1 saturated carbocycles. The lowest BCUT2D eigenvalue weighted by molar-refractivity contribution is -0.128. The van der Waals surface area contributed by atoms with Crippen LogP contribution in [0.5, 0.6) is 0 Å². The fourth-order valence-electron chi connectivity index (χ4n) is 4.76. The van der Waals surface area contributed by atoms with Gasteiger partial charge in [-0.3, -0.25) is 4.79 Å². The first-order chi connectivity index (χ1) is 12.1. The van der Waals surface area contributed by atoms with Crippen molar-refractivity contribution in [2.75, 3.05) is 32.7 Å². The number of fused-ring (bicyclic) bond motifs is 2. The number of amides is 3. The summed E-state index contributed by atoms with van der Waals surface area (Å²) >= 11 is 0. The van der Waals surface area contributed by atoms with E-state index in [0.29, 0.717) is 24.4 Å². The average molecular weight is 341 g/mol. The number of benzene rings is 1. The van der Waals surface area contributed by atoms with Crippen molar-refractivity contribution in [3.8, 4) is 0 Å². The second kappa shape index (κ2) is 6.36. The van der Waals surface area contributed by atoms with Gasteiger partial charge in [-0.15, -0.1) is 0 Å². The molecule has 1 aliphatic heterocycles. The van der Waals surface area contributed by atoms with E-state index in [2.05, 4.69) is 29.6 Å². The third kappa shape index (κ3) is 3.00. The molecule has 1 N–H and O–H groups in total. The molecule has 3 amide bonds. The number of hydrogen-bond acceptors (Lipinski definition) is 2. The quantitative estimate of drug-likeness (QED) is 0.896. The minimum Gasteiger partial charge on any atom is -0.341 e. The molecule has 1 saturated heterocycles. The fraction of sp³-hybridized carbons (Fsp3) is 0.600. The van der Waals surface area contributed by atoms with Crippen molar-refractivity contribution in [3.63, 3.8) is 0 Å². The number of nitrogens with one attached hydrogen (secondary N) is 1. The van der Waals surface area contributed by atoms with Gasteiger partial charge in [-0.1, -0.05) is 24.3 Å². The van der Waals surface area contributed by atoms with Gasteiger partial charge in [0.25, 0.3) is 0 Å². The highest BCUT2D eigenvalue weighted by Gasteiger charge is 2.57. The van der Waals surface area contributed by atoms with Crippen LogP contribution in [0.3, 0.4) is 0 Å². The molecule has 0 aromatic heterocycles. The van der Waals surface area contributed by atoms with Crippen LogP contribution < -0.4 is 5.32 Å². The molecule has 134 valence electrons. The largest absolute Gasteiger partial charge is 0.341 e. The number of nitrogens with zero attached hydrogens (tertiary/aromatic N) is 2. The predicted octanol–water partition coefficient (Wildman–Crippen LogP) is 2.15. The number of aryl methyl sites for hydroxylation is 1. The maximum absolute atomic E-state index is 12.5. The molecule has 5 nitrogen and oxygen atoms in total. The van der Waals surface area contributed by atoms with Gasteiger partial charge in [-0.25, -0.2) is 4.79 Å². The number of hydrogen-bond donors (Lipinski definition) is 1. The van der Waals surface area contributed by atoms with Crippen molar-refractivity contribution in [3.05, 3.63) is 35.4 Å². The number of urea groups is 1. The first-order valence-electron chi connectivity index (χ1n) is 9.47. The summed E-state index contributed by atoms with van der Waals surface area (Å²) in [6.07, 6.45) is 4.45. The van der Waals surface area contributed by atoms with Gasteiger partial charge in [0.05, 0.1) is 0 Å². The summed E-state index contributed by atoms with van der Waals surface area (Å²) in [5.74, 6) is 0.669. The van der Waals surface area contributed by atoms with E-state index in [9.17, 15) is 9.59 Å². The highest BCUT2D eigenvalue weighted by Crippen LogP contribution is 2.61. The standard InChI is InChI=1S/C20H27N3O2/c1-15(24)22-9-4-10-23(12-11-22)19(25)21-14-17-13-20(17)8-7-16-5-2-3-6-18(16)20/h2-3,5-6,17H,4,7-14H2,1H3,(H,21,25)/t17-,20+/m1/s1. The van der Waals surface area contributed by atoms with Crippen LogP contribution in [0.2, 0.25) is 0 Å². The van der Waals surface area contributed by atoms with Crippen molar-refractivity contribution < 1.29 is 9.59 Å². The zero-order chi connectivity index (χ0) is 17.4. The van der Waals surface area contributed by atoms with Gasteiger partial charge < -0.3 is 15.1 Å². The van der Waals surface area contributed by atoms with Crippen molar-refractivity contribution in [2.24, 2.45) is 5.92 Å². The molecule has 1 spiro atoms. The maximum Gasteiger partial charge on any atom is 0.317 e. The number of rotatable bonds is 2. The van der Waals surface area contributed by atoms with Gasteiger partial charge in [-0.2, -0.15) is 0 Å². The van der Waals surface area contributed by atoms with Gasteiger partial charge in [-0.05, 0) is 42.7 Å². The molecule has 3 aliphatic rings. The second-order valence-electron chi connectivity index (χ2n) is 7.75. The molecular weight excluding hydrogens is 314 g/mol. The molecule has 2 fully saturated rings. The van der Waals surface area contributed by atoms with E-state index in [0.717, 1.165) is 26.1 Å². The van der Waals surface area contributed by atoms with Crippen LogP contribution in [0.25, 0.3) is 0 Å². The van der Waals surface area contributed by atoms with Crippen molar-refractivity contribution in [2.45, 2.75) is 38.0 Å². The SMILES string of the molecule is CC(=O)N1CCCN(C(=O)NC[C@H]2C[C@@]23CCc2ccccc23)CC1. The molecule has 0 radical (unpaired) electrons. The van der Waals surface area contributed by atoms with E-state index >= 15 is 0 Å². The summed E-state index contributed by atoms with van der Waals surface area (Å²) < 4.78 is 0. The highest BCUT2D eigenvalue weighted by atomic mass is 16.2. The van der Waals surface area contributed by atoms with Crippen LogP contribution in [0.4, 0.5) is 4.79 Å². The summed E-state index contributed by atoms with van der Waals surface area (Å²) in [5, 5.41) is 3.15. The molecule has 2 aliphatic carbocycles. The van der Waals surface area contributed by atoms with Crippen LogP contribution >= 0.6 is 0 Å². The molecule has 0 unspecified atom stereocenters. The molecule has 1 heterocycles. The van der Waals surface area contributed by atoms with E-state index in [1.165, 1.54) is 30.4 Å². The molecule has 5 heteroatoms. The van der Waals surface area contributed by atoms with Crippen LogP contribution in [0, 0.1) is 5.92 Å². The van der Waals surface area contributed by atoms with E-state index in [-0.39, 0.29) is 11.9 Å². The van der Waals surface area contributed by atoms with E-state index < -0.39 is 0 Å². The van der Waals surface area contributed by atoms with Crippen LogP contribution in [-0.2, 0) is 16.6 Å². The molecular formula is C20H27N3O2. The topological polar surface area (TPSA) is 52.7 Å². The summed E-state index contributed by atoms with van der Waals surface area (Å²) in [7, 11) is 0. The Labute approximate surface area is 149 Å².